The summed E-state index contributed by atoms with van der Waals surface area (Å²) in [6.45, 7) is 5.82. The molecule has 1 aromatic carbocycles. The first-order valence-electron chi connectivity index (χ1n) is 8.05. The highest BCUT2D eigenvalue weighted by Crippen LogP contribution is 2.16. The van der Waals surface area contributed by atoms with Crippen LogP contribution >= 0.6 is 0 Å². The van der Waals surface area contributed by atoms with Crippen molar-refractivity contribution in [2.24, 2.45) is 0 Å². The summed E-state index contributed by atoms with van der Waals surface area (Å²) in [6.07, 6.45) is 4.10. The van der Waals surface area contributed by atoms with Gasteiger partial charge in [-0.2, -0.15) is 0 Å². The zero-order valence-electron chi connectivity index (χ0n) is 14.8. The first kappa shape index (κ1) is 17.9. The van der Waals surface area contributed by atoms with Gasteiger partial charge in [0, 0.05) is 12.2 Å². The van der Waals surface area contributed by atoms with Crippen LogP contribution in [0.4, 0.5) is 11.5 Å². The lowest BCUT2D eigenvalue weighted by Crippen LogP contribution is -2.17. The Morgan fingerprint density at radius 2 is 1.96 bits per heavy atom. The Hall–Kier alpha value is -2.47. The van der Waals surface area contributed by atoms with Crippen LogP contribution in [0.1, 0.15) is 28.0 Å². The van der Waals surface area contributed by atoms with Crippen molar-refractivity contribution in [1.82, 2.24) is 14.9 Å². The lowest BCUT2D eigenvalue weighted by molar-refractivity contribution is 0.102. The van der Waals surface area contributed by atoms with Crippen molar-refractivity contribution in [2.45, 2.75) is 20.3 Å². The number of hydrogen-bond acceptors (Lipinski definition) is 5. The molecule has 128 valence electrons. The van der Waals surface area contributed by atoms with E-state index in [4.69, 9.17) is 0 Å². The van der Waals surface area contributed by atoms with E-state index in [2.05, 4.69) is 25.5 Å². The minimum Gasteiger partial charge on any atom is -0.369 e. The summed E-state index contributed by atoms with van der Waals surface area (Å²) in [4.78, 5) is 22.8. The fourth-order valence-electron chi connectivity index (χ4n) is 2.29. The number of amides is 1. The van der Waals surface area contributed by atoms with E-state index in [1.807, 2.05) is 46.1 Å². The number of nitrogens with zero attached hydrogens (tertiary/aromatic N) is 3. The molecule has 0 aliphatic heterocycles. The third kappa shape index (κ3) is 5.31. The van der Waals surface area contributed by atoms with Gasteiger partial charge in [-0.3, -0.25) is 4.79 Å². The molecule has 0 radical (unpaired) electrons. The van der Waals surface area contributed by atoms with Crippen LogP contribution in [0.25, 0.3) is 0 Å². The molecule has 1 amide bonds. The highest BCUT2D eigenvalue weighted by Gasteiger charge is 2.10. The number of anilines is 2. The van der Waals surface area contributed by atoms with Gasteiger partial charge in [0.05, 0.1) is 12.4 Å². The van der Waals surface area contributed by atoms with Gasteiger partial charge in [-0.25, -0.2) is 9.97 Å². The summed E-state index contributed by atoms with van der Waals surface area (Å²) in [5.74, 6) is 0.422. The van der Waals surface area contributed by atoms with Crippen LogP contribution < -0.4 is 10.6 Å². The Labute approximate surface area is 143 Å². The third-order valence-electron chi connectivity index (χ3n) is 3.60. The molecular weight excluding hydrogens is 302 g/mol. The molecule has 2 aromatic rings. The van der Waals surface area contributed by atoms with Crippen LogP contribution in [0.15, 0.2) is 30.6 Å². The second-order valence-electron chi connectivity index (χ2n) is 6.14. The van der Waals surface area contributed by atoms with E-state index < -0.39 is 0 Å². The fraction of sp³-hybridized carbons (Fsp3) is 0.389. The largest absolute Gasteiger partial charge is 0.369 e. The summed E-state index contributed by atoms with van der Waals surface area (Å²) in [5.41, 5.74) is 3.28. The van der Waals surface area contributed by atoms with Gasteiger partial charge in [0.25, 0.3) is 5.91 Å². The Kier molecular flexibility index (Phi) is 6.26. The van der Waals surface area contributed by atoms with Gasteiger partial charge >= 0.3 is 0 Å². The predicted octanol–water partition coefficient (Wildman–Crippen LogP) is 2.71. The van der Waals surface area contributed by atoms with Crippen LogP contribution in [-0.4, -0.2) is 48.0 Å². The smallest absolute Gasteiger partial charge is 0.275 e. The van der Waals surface area contributed by atoms with Crippen LogP contribution in [0.3, 0.4) is 0 Å². The molecule has 1 aromatic heterocycles. The van der Waals surface area contributed by atoms with Gasteiger partial charge < -0.3 is 15.5 Å². The predicted molar refractivity (Wildman–Crippen MR) is 97.6 cm³/mol. The first-order chi connectivity index (χ1) is 11.5. The van der Waals surface area contributed by atoms with Gasteiger partial charge in [0.2, 0.25) is 0 Å². The van der Waals surface area contributed by atoms with E-state index in [0.29, 0.717) is 11.5 Å². The van der Waals surface area contributed by atoms with Crippen molar-refractivity contribution >= 4 is 17.4 Å². The quantitative estimate of drug-likeness (QED) is 0.765. The molecule has 0 fully saturated rings. The van der Waals surface area contributed by atoms with Crippen LogP contribution in [-0.2, 0) is 0 Å². The topological polar surface area (TPSA) is 70.2 Å². The summed E-state index contributed by atoms with van der Waals surface area (Å²) >= 11 is 0. The van der Waals surface area contributed by atoms with Gasteiger partial charge in [0.15, 0.2) is 0 Å². The van der Waals surface area contributed by atoms with E-state index in [1.54, 1.807) is 6.20 Å². The lowest BCUT2D eigenvalue weighted by atomic mass is 10.1. The summed E-state index contributed by atoms with van der Waals surface area (Å²) < 4.78 is 0. The highest BCUT2D eigenvalue weighted by molar-refractivity contribution is 6.03. The molecule has 0 aliphatic carbocycles. The molecule has 6 heteroatoms. The Morgan fingerprint density at radius 1 is 1.17 bits per heavy atom. The van der Waals surface area contributed by atoms with Crippen molar-refractivity contribution in [2.75, 3.05) is 37.8 Å². The minimum absolute atomic E-state index is 0.256. The monoisotopic (exact) mass is 327 g/mol. The number of nitrogens with one attached hydrogen (secondary N) is 2. The maximum atomic E-state index is 12.3. The van der Waals surface area contributed by atoms with Gasteiger partial charge in [0.1, 0.15) is 11.5 Å². The number of carbonyl (C=O) groups excluding carboxylic acids is 1. The van der Waals surface area contributed by atoms with Gasteiger partial charge in [-0.05, 0) is 52.5 Å². The Bertz CT molecular complexity index is 682. The molecule has 0 aliphatic rings. The average Bonchev–Trinajstić information content (AvgIpc) is 2.54. The Morgan fingerprint density at radius 3 is 2.58 bits per heavy atom. The third-order valence-corrected chi connectivity index (χ3v) is 3.60. The van der Waals surface area contributed by atoms with E-state index >= 15 is 0 Å². The summed E-state index contributed by atoms with van der Waals surface area (Å²) in [7, 11) is 4.09. The van der Waals surface area contributed by atoms with Gasteiger partial charge in [-0.15, -0.1) is 0 Å². The number of benzene rings is 1. The second-order valence-corrected chi connectivity index (χ2v) is 6.14. The van der Waals surface area contributed by atoms with E-state index in [9.17, 15) is 4.79 Å². The molecular formula is C18H25N5O. The summed E-state index contributed by atoms with van der Waals surface area (Å²) in [6, 6.07) is 5.90. The Balaban J connectivity index is 1.91. The van der Waals surface area contributed by atoms with Crippen LogP contribution in [0.5, 0.6) is 0 Å². The van der Waals surface area contributed by atoms with E-state index in [0.717, 1.165) is 36.3 Å². The first-order valence-corrected chi connectivity index (χ1v) is 8.05. The van der Waals surface area contributed by atoms with Crippen molar-refractivity contribution in [3.8, 4) is 0 Å². The average molecular weight is 327 g/mol. The van der Waals surface area contributed by atoms with Crippen molar-refractivity contribution in [1.29, 1.82) is 0 Å². The molecule has 0 spiro atoms. The zero-order valence-corrected chi connectivity index (χ0v) is 14.8. The number of hydrogen-bond donors (Lipinski definition) is 2. The van der Waals surface area contributed by atoms with Crippen molar-refractivity contribution in [3.63, 3.8) is 0 Å². The molecule has 2 N–H and O–H groups in total. The molecule has 0 bridgehead atoms. The van der Waals surface area contributed by atoms with Gasteiger partial charge in [-0.1, -0.05) is 17.7 Å². The number of rotatable bonds is 7. The minimum atomic E-state index is -0.256. The molecule has 24 heavy (non-hydrogen) atoms. The normalized spacial score (nSPS) is 10.7. The molecule has 0 atom stereocenters. The number of aromatic nitrogens is 2. The molecule has 0 saturated heterocycles. The van der Waals surface area contributed by atoms with Crippen LogP contribution in [0, 0.1) is 13.8 Å². The lowest BCUT2D eigenvalue weighted by Gasteiger charge is -2.10. The maximum Gasteiger partial charge on any atom is 0.275 e. The van der Waals surface area contributed by atoms with Crippen molar-refractivity contribution in [3.05, 3.63) is 47.4 Å². The molecule has 2 rings (SSSR count). The zero-order chi connectivity index (χ0) is 17.5. The maximum absolute atomic E-state index is 12.3. The van der Waals surface area contributed by atoms with Crippen molar-refractivity contribution < 1.29 is 4.79 Å². The fourth-order valence-corrected chi connectivity index (χ4v) is 2.29. The highest BCUT2D eigenvalue weighted by atomic mass is 16.1. The van der Waals surface area contributed by atoms with Crippen LogP contribution in [0.2, 0.25) is 0 Å². The second kappa shape index (κ2) is 8.40. The standard InChI is InChI=1S/C18H25N5O/c1-13-6-7-15(14(2)10-13)22-18(24)16-11-21-17(12-20-16)19-8-5-9-23(3)4/h6-7,10-12H,5,8-9H2,1-4H3,(H,19,21)(H,22,24). The molecule has 6 nitrogen and oxygen atoms in total. The molecule has 0 unspecified atom stereocenters. The van der Waals surface area contributed by atoms with E-state index in [1.165, 1.54) is 6.20 Å². The SMILES string of the molecule is Cc1ccc(NC(=O)c2cnc(NCCCN(C)C)cn2)c(C)c1. The van der Waals surface area contributed by atoms with E-state index in [-0.39, 0.29) is 5.91 Å². The molecule has 0 saturated carbocycles. The summed E-state index contributed by atoms with van der Waals surface area (Å²) in [5, 5.41) is 6.07. The molecule has 1 heterocycles. The number of carbonyl (C=O) groups is 1. The number of aryl methyl sites for hydroxylation is 2.